The zero-order valence-corrected chi connectivity index (χ0v) is 20.0. The zero-order valence-electron chi connectivity index (χ0n) is 18.4. The number of benzene rings is 3. The molecule has 33 heavy (non-hydrogen) atoms. The summed E-state index contributed by atoms with van der Waals surface area (Å²) in [7, 11) is 0. The van der Waals surface area contributed by atoms with Gasteiger partial charge in [-0.3, -0.25) is 10.1 Å². The maximum absolute atomic E-state index is 12.3. The summed E-state index contributed by atoms with van der Waals surface area (Å²) < 4.78 is 5.66. The lowest BCUT2D eigenvalue weighted by atomic mass is 9.78. The molecule has 5 nitrogen and oxygen atoms in total. The van der Waals surface area contributed by atoms with Crippen molar-refractivity contribution in [1.82, 2.24) is 10.2 Å². The Bertz CT molecular complexity index is 1210. The number of nitrogens with zero attached hydrogens (tertiary/aromatic N) is 2. The predicted octanol–water partition coefficient (Wildman–Crippen LogP) is 6.13. The molecule has 0 aliphatic carbocycles. The molecule has 0 aliphatic heterocycles. The molecule has 1 aromatic heterocycles. The van der Waals surface area contributed by atoms with E-state index in [-0.39, 0.29) is 17.9 Å². The molecule has 7 heteroatoms. The third-order valence-electron chi connectivity index (χ3n) is 5.42. The lowest BCUT2D eigenvalue weighted by molar-refractivity contribution is -0.118. The molecular formula is C26H24ClN3O2S. The monoisotopic (exact) mass is 477 g/mol. The molecule has 1 heterocycles. The number of ether oxygens (including phenoxy) is 1. The van der Waals surface area contributed by atoms with Crippen molar-refractivity contribution in [2.75, 3.05) is 11.9 Å². The average Bonchev–Trinajstić information content (AvgIpc) is 3.26. The van der Waals surface area contributed by atoms with Gasteiger partial charge >= 0.3 is 0 Å². The largest absolute Gasteiger partial charge is 0.484 e. The van der Waals surface area contributed by atoms with Gasteiger partial charge in [0, 0.05) is 16.9 Å². The van der Waals surface area contributed by atoms with E-state index in [0.717, 1.165) is 10.6 Å². The molecule has 4 rings (SSSR count). The third kappa shape index (κ3) is 5.97. The highest BCUT2D eigenvalue weighted by molar-refractivity contribution is 7.15. The van der Waals surface area contributed by atoms with Crippen molar-refractivity contribution in [3.63, 3.8) is 0 Å². The minimum Gasteiger partial charge on any atom is -0.484 e. The van der Waals surface area contributed by atoms with Crippen LogP contribution in [0.5, 0.6) is 5.75 Å². The number of carbonyl (C=O) groups is 1. The van der Waals surface area contributed by atoms with E-state index in [0.29, 0.717) is 22.3 Å². The van der Waals surface area contributed by atoms with Crippen LogP contribution in [0.1, 0.15) is 35.5 Å². The van der Waals surface area contributed by atoms with Gasteiger partial charge in [-0.1, -0.05) is 91.4 Å². The van der Waals surface area contributed by atoms with E-state index in [9.17, 15) is 4.79 Å². The molecule has 0 atom stereocenters. The molecule has 0 saturated heterocycles. The Kier molecular flexibility index (Phi) is 7.06. The second-order valence-corrected chi connectivity index (χ2v) is 9.65. The van der Waals surface area contributed by atoms with Gasteiger partial charge in [0.15, 0.2) is 6.61 Å². The van der Waals surface area contributed by atoms with E-state index in [1.165, 1.54) is 22.5 Å². The molecule has 0 saturated carbocycles. The molecule has 0 bridgehead atoms. The normalized spacial score (nSPS) is 11.2. The Hall–Kier alpha value is -3.22. The number of aromatic nitrogens is 2. The van der Waals surface area contributed by atoms with Crippen molar-refractivity contribution in [3.8, 4) is 5.75 Å². The van der Waals surface area contributed by atoms with Crippen molar-refractivity contribution in [2.24, 2.45) is 0 Å². The number of nitrogens with one attached hydrogen (secondary N) is 1. The molecule has 168 valence electrons. The first kappa shape index (κ1) is 23.0. The van der Waals surface area contributed by atoms with Gasteiger partial charge in [0.05, 0.1) is 0 Å². The molecule has 4 aromatic rings. The summed E-state index contributed by atoms with van der Waals surface area (Å²) in [4.78, 5) is 12.3. The number of hydrogen-bond donors (Lipinski definition) is 1. The van der Waals surface area contributed by atoms with Gasteiger partial charge in [-0.15, -0.1) is 10.2 Å². The average molecular weight is 478 g/mol. The summed E-state index contributed by atoms with van der Waals surface area (Å²) >= 11 is 7.26. The van der Waals surface area contributed by atoms with Crippen molar-refractivity contribution in [3.05, 3.63) is 106 Å². The topological polar surface area (TPSA) is 64.1 Å². The first-order chi connectivity index (χ1) is 15.9. The maximum atomic E-state index is 12.3. The zero-order chi connectivity index (χ0) is 23.3. The van der Waals surface area contributed by atoms with E-state index < -0.39 is 0 Å². The fraction of sp³-hybridized carbons (Fsp3) is 0.192. The minimum atomic E-state index is -0.280. The SMILES string of the molecule is CC(C)(c1ccccc1)c1ccc(OCC(=O)Nc2nnc(Cc3ccc(Cl)cc3)s2)cc1. The second kappa shape index (κ2) is 10.1. The van der Waals surface area contributed by atoms with Gasteiger partial charge in [-0.05, 0) is 41.0 Å². The summed E-state index contributed by atoms with van der Waals surface area (Å²) in [6.07, 6.45) is 0.632. The summed E-state index contributed by atoms with van der Waals surface area (Å²) in [6.45, 7) is 4.28. The second-order valence-electron chi connectivity index (χ2n) is 8.16. The molecule has 0 unspecified atom stereocenters. The van der Waals surface area contributed by atoms with Crippen LogP contribution in [-0.4, -0.2) is 22.7 Å². The van der Waals surface area contributed by atoms with Crippen LogP contribution in [0.15, 0.2) is 78.9 Å². The highest BCUT2D eigenvalue weighted by Crippen LogP contribution is 2.32. The van der Waals surface area contributed by atoms with E-state index in [1.807, 2.05) is 66.7 Å². The van der Waals surface area contributed by atoms with E-state index in [1.54, 1.807) is 0 Å². The van der Waals surface area contributed by atoms with Crippen LogP contribution in [0.25, 0.3) is 0 Å². The maximum Gasteiger partial charge on any atom is 0.264 e. The first-order valence-corrected chi connectivity index (χ1v) is 11.7. The Morgan fingerprint density at radius 1 is 0.939 bits per heavy atom. The Labute approximate surface area is 202 Å². The molecular weight excluding hydrogens is 454 g/mol. The standard InChI is InChI=1S/C26H24ClN3O2S/c1-26(2,19-6-4-3-5-7-19)20-10-14-22(15-11-20)32-17-23(31)28-25-30-29-24(33-25)16-18-8-12-21(27)13-9-18/h3-15H,16-17H2,1-2H3,(H,28,30,31). The minimum absolute atomic E-state index is 0.104. The highest BCUT2D eigenvalue weighted by atomic mass is 35.5. The number of rotatable bonds is 8. The van der Waals surface area contributed by atoms with Crippen LogP contribution in [0.3, 0.4) is 0 Å². The van der Waals surface area contributed by atoms with Crippen molar-refractivity contribution in [1.29, 1.82) is 0 Å². The van der Waals surface area contributed by atoms with Crippen LogP contribution in [0.2, 0.25) is 5.02 Å². The summed E-state index contributed by atoms with van der Waals surface area (Å²) in [5.41, 5.74) is 3.37. The Morgan fingerprint density at radius 3 is 2.30 bits per heavy atom. The first-order valence-electron chi connectivity index (χ1n) is 10.6. The van der Waals surface area contributed by atoms with Gasteiger partial charge in [0.1, 0.15) is 10.8 Å². The van der Waals surface area contributed by atoms with Gasteiger partial charge < -0.3 is 4.74 Å². The fourth-order valence-corrected chi connectivity index (χ4v) is 4.36. The van der Waals surface area contributed by atoms with Gasteiger partial charge in [-0.2, -0.15) is 0 Å². The lowest BCUT2D eigenvalue weighted by Gasteiger charge is -2.26. The molecule has 0 aliphatic rings. The van der Waals surface area contributed by atoms with E-state index in [4.69, 9.17) is 16.3 Å². The van der Waals surface area contributed by atoms with Crippen LogP contribution in [0, 0.1) is 0 Å². The summed E-state index contributed by atoms with van der Waals surface area (Å²) in [6, 6.07) is 25.8. The number of amides is 1. The quantitative estimate of drug-likeness (QED) is 0.331. The molecule has 0 spiro atoms. The van der Waals surface area contributed by atoms with Crippen LogP contribution >= 0.6 is 22.9 Å². The predicted molar refractivity (Wildman–Crippen MR) is 133 cm³/mol. The summed E-state index contributed by atoms with van der Waals surface area (Å²) in [5.74, 6) is 0.358. The highest BCUT2D eigenvalue weighted by Gasteiger charge is 2.22. The smallest absolute Gasteiger partial charge is 0.264 e. The van der Waals surface area contributed by atoms with E-state index >= 15 is 0 Å². The third-order valence-corrected chi connectivity index (χ3v) is 6.51. The van der Waals surface area contributed by atoms with Crippen LogP contribution in [0.4, 0.5) is 5.13 Å². The van der Waals surface area contributed by atoms with Gasteiger partial charge in [0.25, 0.3) is 5.91 Å². The van der Waals surface area contributed by atoms with E-state index in [2.05, 4.69) is 41.5 Å². The molecule has 3 aromatic carbocycles. The number of carbonyl (C=O) groups excluding carboxylic acids is 1. The molecule has 0 fully saturated rings. The Balaban J connectivity index is 1.29. The Morgan fingerprint density at radius 2 is 1.61 bits per heavy atom. The number of anilines is 1. The number of hydrogen-bond acceptors (Lipinski definition) is 5. The lowest BCUT2D eigenvalue weighted by Crippen LogP contribution is -2.20. The molecule has 1 N–H and O–H groups in total. The van der Waals surface area contributed by atoms with Gasteiger partial charge in [0.2, 0.25) is 5.13 Å². The molecule has 1 amide bonds. The van der Waals surface area contributed by atoms with Crippen molar-refractivity contribution >= 4 is 34.0 Å². The summed E-state index contributed by atoms with van der Waals surface area (Å²) in [5, 5.41) is 12.9. The van der Waals surface area contributed by atoms with Crippen LogP contribution < -0.4 is 10.1 Å². The van der Waals surface area contributed by atoms with Crippen molar-refractivity contribution in [2.45, 2.75) is 25.7 Å². The van der Waals surface area contributed by atoms with Crippen LogP contribution in [-0.2, 0) is 16.6 Å². The molecule has 0 radical (unpaired) electrons. The van der Waals surface area contributed by atoms with Crippen molar-refractivity contribution < 1.29 is 9.53 Å². The number of halogens is 1. The fourth-order valence-electron chi connectivity index (χ4n) is 3.45. The van der Waals surface area contributed by atoms with Gasteiger partial charge in [-0.25, -0.2) is 0 Å².